The number of amides is 1. The minimum absolute atomic E-state index is 0.167. The van der Waals surface area contributed by atoms with Crippen LogP contribution in [-0.2, 0) is 14.8 Å². The lowest BCUT2D eigenvalue weighted by Crippen LogP contribution is -2.36. The van der Waals surface area contributed by atoms with Crippen LogP contribution in [0.25, 0.3) is 6.08 Å². The van der Waals surface area contributed by atoms with E-state index in [-0.39, 0.29) is 5.91 Å². The SMILES string of the molecule is COc1cc(/C=C/C(=O)N2CCCN(S(C)(=O)=O)CC2)cc(OC)c1OC. The zero-order chi connectivity index (χ0) is 20.0. The molecule has 1 aliphatic rings. The zero-order valence-corrected chi connectivity index (χ0v) is 16.9. The van der Waals surface area contributed by atoms with Crippen molar-refractivity contribution in [2.45, 2.75) is 6.42 Å². The Morgan fingerprint density at radius 3 is 2.15 bits per heavy atom. The van der Waals surface area contributed by atoms with Gasteiger partial charge in [-0.15, -0.1) is 0 Å². The van der Waals surface area contributed by atoms with Crippen molar-refractivity contribution in [2.24, 2.45) is 0 Å². The van der Waals surface area contributed by atoms with Gasteiger partial charge in [0.25, 0.3) is 0 Å². The number of nitrogens with zero attached hydrogens (tertiary/aromatic N) is 2. The molecule has 0 aromatic heterocycles. The molecule has 0 bridgehead atoms. The van der Waals surface area contributed by atoms with Crippen molar-refractivity contribution < 1.29 is 27.4 Å². The van der Waals surface area contributed by atoms with Gasteiger partial charge in [0.15, 0.2) is 11.5 Å². The highest BCUT2D eigenvalue weighted by atomic mass is 32.2. The molecule has 0 unspecified atom stereocenters. The van der Waals surface area contributed by atoms with Gasteiger partial charge in [-0.25, -0.2) is 12.7 Å². The Balaban J connectivity index is 2.12. The molecule has 0 saturated carbocycles. The summed E-state index contributed by atoms with van der Waals surface area (Å²) in [6, 6.07) is 3.50. The molecule has 0 atom stereocenters. The molecule has 1 aromatic carbocycles. The first-order chi connectivity index (χ1) is 12.8. The van der Waals surface area contributed by atoms with E-state index >= 15 is 0 Å². The summed E-state index contributed by atoms with van der Waals surface area (Å²) in [4.78, 5) is 14.1. The second kappa shape index (κ2) is 9.09. The highest BCUT2D eigenvalue weighted by Crippen LogP contribution is 2.38. The molecular formula is C18H26N2O6S. The maximum absolute atomic E-state index is 12.5. The van der Waals surface area contributed by atoms with E-state index in [4.69, 9.17) is 14.2 Å². The Labute approximate surface area is 160 Å². The number of hydrogen-bond donors (Lipinski definition) is 0. The molecule has 0 spiro atoms. The van der Waals surface area contributed by atoms with E-state index in [1.54, 1.807) is 23.1 Å². The summed E-state index contributed by atoms with van der Waals surface area (Å²) in [5.41, 5.74) is 0.727. The van der Waals surface area contributed by atoms with Gasteiger partial charge in [0, 0.05) is 32.3 Å². The molecule has 1 heterocycles. The molecule has 0 N–H and O–H groups in total. The maximum atomic E-state index is 12.5. The Morgan fingerprint density at radius 1 is 1.00 bits per heavy atom. The smallest absolute Gasteiger partial charge is 0.246 e. The third-order valence-electron chi connectivity index (χ3n) is 4.34. The van der Waals surface area contributed by atoms with E-state index < -0.39 is 10.0 Å². The third-order valence-corrected chi connectivity index (χ3v) is 5.64. The minimum atomic E-state index is -3.24. The highest BCUT2D eigenvalue weighted by Gasteiger charge is 2.22. The van der Waals surface area contributed by atoms with Crippen LogP contribution < -0.4 is 14.2 Å². The molecule has 1 aromatic rings. The summed E-state index contributed by atoms with van der Waals surface area (Å²) in [5, 5.41) is 0. The van der Waals surface area contributed by atoms with Gasteiger partial charge >= 0.3 is 0 Å². The van der Waals surface area contributed by atoms with Gasteiger partial charge in [-0.05, 0) is 30.2 Å². The summed E-state index contributed by atoms with van der Waals surface area (Å²) >= 11 is 0. The Kier molecular flexibility index (Phi) is 7.09. The van der Waals surface area contributed by atoms with Gasteiger partial charge in [-0.2, -0.15) is 0 Å². The molecule has 9 heteroatoms. The summed E-state index contributed by atoms with van der Waals surface area (Å²) in [7, 11) is 1.35. The first kappa shape index (κ1) is 21.0. The predicted octanol–water partition coefficient (Wildman–Crippen LogP) is 1.22. The van der Waals surface area contributed by atoms with Crippen LogP contribution in [0, 0.1) is 0 Å². The van der Waals surface area contributed by atoms with Crippen LogP contribution >= 0.6 is 0 Å². The highest BCUT2D eigenvalue weighted by molar-refractivity contribution is 7.88. The fraction of sp³-hybridized carbons (Fsp3) is 0.500. The van der Waals surface area contributed by atoms with Crippen molar-refractivity contribution in [2.75, 3.05) is 53.8 Å². The van der Waals surface area contributed by atoms with E-state index in [2.05, 4.69) is 0 Å². The van der Waals surface area contributed by atoms with Crippen LogP contribution in [0.15, 0.2) is 18.2 Å². The van der Waals surface area contributed by atoms with Gasteiger partial charge < -0.3 is 19.1 Å². The third kappa shape index (κ3) is 5.36. The Hall–Kier alpha value is -2.26. The lowest BCUT2D eigenvalue weighted by molar-refractivity contribution is -0.125. The topological polar surface area (TPSA) is 85.4 Å². The van der Waals surface area contributed by atoms with E-state index in [9.17, 15) is 13.2 Å². The Bertz CT molecular complexity index is 781. The quantitative estimate of drug-likeness (QED) is 0.670. The monoisotopic (exact) mass is 398 g/mol. The summed E-state index contributed by atoms with van der Waals surface area (Å²) < 4.78 is 40.6. The van der Waals surface area contributed by atoms with E-state index in [0.717, 1.165) is 5.56 Å². The largest absolute Gasteiger partial charge is 0.493 e. The molecule has 1 aliphatic heterocycles. The fourth-order valence-electron chi connectivity index (χ4n) is 2.92. The summed E-state index contributed by atoms with van der Waals surface area (Å²) in [5.74, 6) is 1.32. The van der Waals surface area contributed by atoms with E-state index in [0.29, 0.717) is 49.8 Å². The molecule has 150 valence electrons. The molecule has 8 nitrogen and oxygen atoms in total. The second-order valence-electron chi connectivity index (χ2n) is 6.13. The van der Waals surface area contributed by atoms with Crippen LogP contribution in [0.5, 0.6) is 17.2 Å². The number of benzene rings is 1. The standard InChI is InChI=1S/C18H26N2O6S/c1-24-15-12-14(13-16(25-2)18(15)26-3)6-7-17(21)19-8-5-9-20(11-10-19)27(4,22)23/h6-7,12-13H,5,8-11H2,1-4H3/b7-6+. The average Bonchev–Trinajstić information content (AvgIpc) is 2.91. The van der Waals surface area contributed by atoms with E-state index in [1.807, 2.05) is 0 Å². The van der Waals surface area contributed by atoms with Gasteiger partial charge in [0.2, 0.25) is 21.7 Å². The van der Waals surface area contributed by atoms with Crippen molar-refractivity contribution >= 4 is 22.0 Å². The molecule has 1 amide bonds. The number of carbonyl (C=O) groups excluding carboxylic acids is 1. The van der Waals surface area contributed by atoms with Crippen LogP contribution in [-0.4, -0.2) is 77.3 Å². The van der Waals surface area contributed by atoms with Crippen molar-refractivity contribution in [1.29, 1.82) is 0 Å². The molecule has 0 aliphatic carbocycles. The van der Waals surface area contributed by atoms with Crippen molar-refractivity contribution in [3.05, 3.63) is 23.8 Å². The van der Waals surface area contributed by atoms with E-state index in [1.165, 1.54) is 38.0 Å². The average molecular weight is 398 g/mol. The zero-order valence-electron chi connectivity index (χ0n) is 16.1. The Morgan fingerprint density at radius 2 is 1.63 bits per heavy atom. The second-order valence-corrected chi connectivity index (χ2v) is 8.12. The van der Waals surface area contributed by atoms with Crippen LogP contribution in [0.4, 0.5) is 0 Å². The first-order valence-corrected chi connectivity index (χ1v) is 10.4. The van der Waals surface area contributed by atoms with Crippen LogP contribution in [0.2, 0.25) is 0 Å². The number of carbonyl (C=O) groups is 1. The molecule has 0 radical (unpaired) electrons. The number of ether oxygens (including phenoxy) is 3. The number of hydrogen-bond acceptors (Lipinski definition) is 6. The summed E-state index contributed by atoms with van der Waals surface area (Å²) in [6.07, 6.45) is 4.94. The first-order valence-electron chi connectivity index (χ1n) is 8.52. The number of methoxy groups -OCH3 is 3. The maximum Gasteiger partial charge on any atom is 0.246 e. The lowest BCUT2D eigenvalue weighted by atomic mass is 10.1. The molecule has 2 rings (SSSR count). The molecule has 1 saturated heterocycles. The van der Waals surface area contributed by atoms with Gasteiger partial charge in [-0.1, -0.05) is 0 Å². The number of rotatable bonds is 6. The van der Waals surface area contributed by atoms with Crippen molar-refractivity contribution in [1.82, 2.24) is 9.21 Å². The van der Waals surface area contributed by atoms with Crippen molar-refractivity contribution in [3.8, 4) is 17.2 Å². The normalized spacial score (nSPS) is 16.2. The van der Waals surface area contributed by atoms with Crippen LogP contribution in [0.3, 0.4) is 0 Å². The molecule has 27 heavy (non-hydrogen) atoms. The minimum Gasteiger partial charge on any atom is -0.493 e. The summed E-state index contributed by atoms with van der Waals surface area (Å²) in [6.45, 7) is 1.62. The van der Waals surface area contributed by atoms with Gasteiger partial charge in [0.1, 0.15) is 0 Å². The molecule has 1 fully saturated rings. The van der Waals surface area contributed by atoms with Crippen LogP contribution in [0.1, 0.15) is 12.0 Å². The van der Waals surface area contributed by atoms with Gasteiger partial charge in [0.05, 0.1) is 27.6 Å². The lowest BCUT2D eigenvalue weighted by Gasteiger charge is -2.19. The van der Waals surface area contributed by atoms with Crippen molar-refractivity contribution in [3.63, 3.8) is 0 Å². The van der Waals surface area contributed by atoms with Gasteiger partial charge in [-0.3, -0.25) is 4.79 Å². The predicted molar refractivity (Wildman–Crippen MR) is 103 cm³/mol. The molecular weight excluding hydrogens is 372 g/mol. The fourth-order valence-corrected chi connectivity index (χ4v) is 3.79. The number of sulfonamides is 1.